The fraction of sp³-hybridized carbons (Fsp3) is 0.286. The molecule has 1 N–H and O–H groups in total. The number of aliphatic hydroxyl groups is 1. The van der Waals surface area contributed by atoms with Gasteiger partial charge in [0.15, 0.2) is 0 Å². The molecule has 0 saturated carbocycles. The fourth-order valence-electron chi connectivity index (χ4n) is 0.701. The minimum absolute atomic E-state index is 0.349. The van der Waals surface area contributed by atoms with Crippen molar-refractivity contribution in [3.05, 3.63) is 36.5 Å². The summed E-state index contributed by atoms with van der Waals surface area (Å²) in [5, 5.41) is 9.18. The summed E-state index contributed by atoms with van der Waals surface area (Å²) < 4.78 is 0. The highest BCUT2D eigenvalue weighted by Gasteiger charge is 1.88. The van der Waals surface area contributed by atoms with Crippen LogP contribution in [0, 0.1) is 23.7 Å². The zero-order chi connectivity index (χ0) is 11.4. The lowest BCUT2D eigenvalue weighted by Gasteiger charge is -1.95. The van der Waals surface area contributed by atoms with Gasteiger partial charge in [-0.05, 0) is 31.3 Å². The highest BCUT2D eigenvalue weighted by Crippen LogP contribution is 1.91. The maximum absolute atomic E-state index is 9.18. The third kappa shape index (κ3) is 10.2. The summed E-state index contributed by atoms with van der Waals surface area (Å²) in [6.07, 6.45) is 11.2. The molecule has 0 aliphatic carbocycles. The molecule has 0 rings (SSSR count). The fourth-order valence-corrected chi connectivity index (χ4v) is 0.701. The number of allylic oxidation sites excluding steroid dienone is 5. The normalized spacial score (nSPS) is 12.5. The molecule has 0 aromatic carbocycles. The molecule has 15 heavy (non-hydrogen) atoms. The van der Waals surface area contributed by atoms with Gasteiger partial charge in [0.2, 0.25) is 0 Å². The van der Waals surface area contributed by atoms with Crippen molar-refractivity contribution in [2.75, 3.05) is 0 Å². The van der Waals surface area contributed by atoms with Gasteiger partial charge in [-0.3, -0.25) is 0 Å². The summed E-state index contributed by atoms with van der Waals surface area (Å²) in [5.41, 5.74) is 0. The first kappa shape index (κ1) is 13.3. The van der Waals surface area contributed by atoms with Crippen molar-refractivity contribution in [1.82, 2.24) is 0 Å². The maximum Gasteiger partial charge on any atom is 0.0721 e. The second kappa shape index (κ2) is 10.4. The maximum atomic E-state index is 9.18. The Morgan fingerprint density at radius 3 is 2.53 bits per heavy atom. The highest BCUT2D eigenvalue weighted by molar-refractivity contribution is 5.31. The van der Waals surface area contributed by atoms with Crippen molar-refractivity contribution in [3.8, 4) is 23.7 Å². The summed E-state index contributed by atoms with van der Waals surface area (Å²) in [6.45, 7) is 3.69. The van der Waals surface area contributed by atoms with E-state index in [9.17, 15) is 5.11 Å². The molecule has 1 atom stereocenters. The minimum Gasteiger partial charge on any atom is -0.389 e. The first-order valence-corrected chi connectivity index (χ1v) is 4.91. The van der Waals surface area contributed by atoms with Crippen LogP contribution < -0.4 is 0 Å². The molecule has 0 amide bonds. The summed E-state index contributed by atoms with van der Waals surface area (Å²) in [6, 6.07) is 0. The van der Waals surface area contributed by atoms with E-state index in [0.29, 0.717) is 0 Å². The van der Waals surface area contributed by atoms with Crippen molar-refractivity contribution in [1.29, 1.82) is 0 Å². The smallest absolute Gasteiger partial charge is 0.0721 e. The topological polar surface area (TPSA) is 20.2 Å². The minimum atomic E-state index is -0.349. The molecular weight excluding hydrogens is 184 g/mol. The Hall–Kier alpha value is -1.70. The monoisotopic (exact) mass is 200 g/mol. The molecule has 0 spiro atoms. The number of hydrogen-bond acceptors (Lipinski definition) is 1. The third-order valence-corrected chi connectivity index (χ3v) is 1.52. The number of hydrogen-bond donors (Lipinski definition) is 1. The largest absolute Gasteiger partial charge is 0.389 e. The van der Waals surface area contributed by atoms with Gasteiger partial charge in [0.25, 0.3) is 0 Å². The molecule has 0 bridgehead atoms. The molecule has 0 saturated heterocycles. The number of aliphatic hydroxyl groups excluding tert-OH is 1. The van der Waals surface area contributed by atoms with E-state index in [-0.39, 0.29) is 6.10 Å². The van der Waals surface area contributed by atoms with E-state index in [1.54, 1.807) is 19.1 Å². The van der Waals surface area contributed by atoms with Crippen LogP contribution in [0.5, 0.6) is 0 Å². The Morgan fingerprint density at radius 2 is 1.87 bits per heavy atom. The second-order valence-corrected chi connectivity index (χ2v) is 2.75. The molecule has 1 heteroatoms. The van der Waals surface area contributed by atoms with E-state index in [4.69, 9.17) is 0 Å². The summed E-state index contributed by atoms with van der Waals surface area (Å²) in [5.74, 6) is 10.8. The van der Waals surface area contributed by atoms with Crippen LogP contribution in [0.2, 0.25) is 0 Å². The van der Waals surface area contributed by atoms with Gasteiger partial charge in [-0.15, -0.1) is 0 Å². The Labute approximate surface area is 92.2 Å². The molecule has 78 valence electrons. The quantitative estimate of drug-likeness (QED) is 0.546. The molecule has 0 aliphatic heterocycles. The SMILES string of the molecule is CC#CC#C/C=C/C=C/C=C/[C@H](O)CC. The first-order valence-electron chi connectivity index (χ1n) is 4.91. The van der Waals surface area contributed by atoms with Crippen molar-refractivity contribution < 1.29 is 5.11 Å². The Morgan fingerprint density at radius 1 is 1.13 bits per heavy atom. The standard InChI is InChI=1S/C14H16O/c1-3-5-6-7-8-9-10-11-12-13-14(15)4-2/h8-15H,4H2,1-2H3/b9-8+,11-10+,13-12+/t14-/m1/s1. The van der Waals surface area contributed by atoms with E-state index in [0.717, 1.165) is 6.42 Å². The van der Waals surface area contributed by atoms with Crippen LogP contribution in [0.3, 0.4) is 0 Å². The van der Waals surface area contributed by atoms with Gasteiger partial charge in [-0.25, -0.2) is 0 Å². The molecule has 0 fully saturated rings. The van der Waals surface area contributed by atoms with E-state index in [1.807, 2.05) is 31.2 Å². The zero-order valence-corrected chi connectivity index (χ0v) is 9.20. The Kier molecular flexibility index (Phi) is 9.20. The van der Waals surface area contributed by atoms with Gasteiger partial charge in [0.05, 0.1) is 6.10 Å². The summed E-state index contributed by atoms with van der Waals surface area (Å²) in [4.78, 5) is 0. The van der Waals surface area contributed by atoms with Crippen LogP contribution in [0.4, 0.5) is 0 Å². The average Bonchev–Trinajstić information content (AvgIpc) is 2.26. The van der Waals surface area contributed by atoms with E-state index in [1.165, 1.54) is 0 Å². The van der Waals surface area contributed by atoms with Crippen LogP contribution in [-0.2, 0) is 0 Å². The molecule has 0 aliphatic rings. The van der Waals surface area contributed by atoms with Crippen molar-refractivity contribution in [3.63, 3.8) is 0 Å². The van der Waals surface area contributed by atoms with E-state index in [2.05, 4.69) is 23.7 Å². The van der Waals surface area contributed by atoms with Gasteiger partial charge in [-0.2, -0.15) is 0 Å². The van der Waals surface area contributed by atoms with Crippen molar-refractivity contribution in [2.45, 2.75) is 26.4 Å². The van der Waals surface area contributed by atoms with Crippen LogP contribution in [0.25, 0.3) is 0 Å². The summed E-state index contributed by atoms with van der Waals surface area (Å²) in [7, 11) is 0. The first-order chi connectivity index (χ1) is 7.31. The molecule has 1 nitrogen and oxygen atoms in total. The van der Waals surface area contributed by atoms with Gasteiger partial charge in [0, 0.05) is 0 Å². The van der Waals surface area contributed by atoms with Gasteiger partial charge >= 0.3 is 0 Å². The average molecular weight is 200 g/mol. The van der Waals surface area contributed by atoms with Gasteiger partial charge in [0.1, 0.15) is 0 Å². The Bertz CT molecular complexity index is 350. The highest BCUT2D eigenvalue weighted by atomic mass is 16.3. The number of rotatable bonds is 4. The molecule has 0 unspecified atom stereocenters. The lowest BCUT2D eigenvalue weighted by Crippen LogP contribution is -1.97. The lowest BCUT2D eigenvalue weighted by atomic mass is 10.2. The summed E-state index contributed by atoms with van der Waals surface area (Å²) >= 11 is 0. The van der Waals surface area contributed by atoms with Crippen molar-refractivity contribution >= 4 is 0 Å². The lowest BCUT2D eigenvalue weighted by molar-refractivity contribution is 0.219. The second-order valence-electron chi connectivity index (χ2n) is 2.75. The predicted molar refractivity (Wildman–Crippen MR) is 64.9 cm³/mol. The van der Waals surface area contributed by atoms with Crippen molar-refractivity contribution in [2.24, 2.45) is 0 Å². The van der Waals surface area contributed by atoms with E-state index < -0.39 is 0 Å². The molecule has 0 aromatic heterocycles. The van der Waals surface area contributed by atoms with Gasteiger partial charge in [-0.1, -0.05) is 49.1 Å². The predicted octanol–water partition coefficient (Wildman–Crippen LogP) is 2.45. The van der Waals surface area contributed by atoms with Crippen LogP contribution in [-0.4, -0.2) is 11.2 Å². The van der Waals surface area contributed by atoms with Crippen LogP contribution in [0.1, 0.15) is 20.3 Å². The van der Waals surface area contributed by atoms with E-state index >= 15 is 0 Å². The molecule has 0 radical (unpaired) electrons. The van der Waals surface area contributed by atoms with Crippen LogP contribution in [0.15, 0.2) is 36.5 Å². The van der Waals surface area contributed by atoms with Crippen LogP contribution >= 0.6 is 0 Å². The zero-order valence-electron chi connectivity index (χ0n) is 9.20. The molecule has 0 aromatic rings. The van der Waals surface area contributed by atoms with Gasteiger partial charge < -0.3 is 5.11 Å². The third-order valence-electron chi connectivity index (χ3n) is 1.52. The Balaban J connectivity index is 3.85. The molecule has 0 heterocycles. The molecular formula is C14H16O.